The maximum absolute atomic E-state index is 13.2. The number of aromatic nitrogens is 2. The van der Waals surface area contributed by atoms with Crippen molar-refractivity contribution in [1.29, 1.82) is 0 Å². The number of hydrogen-bond donors (Lipinski definition) is 1. The third-order valence-corrected chi connectivity index (χ3v) is 9.16. The van der Waals surface area contributed by atoms with E-state index >= 15 is 0 Å². The topological polar surface area (TPSA) is 64.3 Å². The number of hydrogen-bond acceptors (Lipinski definition) is 4. The van der Waals surface area contributed by atoms with Gasteiger partial charge in [-0.05, 0) is 93.9 Å². The van der Waals surface area contributed by atoms with Crippen molar-refractivity contribution in [2.75, 3.05) is 6.61 Å². The molecule has 5 nitrogen and oxygen atoms in total. The minimum absolute atomic E-state index is 0.0450. The summed E-state index contributed by atoms with van der Waals surface area (Å²) < 4.78 is 7.88. The predicted molar refractivity (Wildman–Crippen MR) is 110 cm³/mol. The number of ketones is 1. The maximum atomic E-state index is 13.2. The van der Waals surface area contributed by atoms with Gasteiger partial charge in [-0.2, -0.15) is 5.10 Å². The molecule has 1 saturated heterocycles. The van der Waals surface area contributed by atoms with Crippen molar-refractivity contribution in [3.8, 4) is 0 Å². The van der Waals surface area contributed by atoms with Crippen LogP contribution in [0.5, 0.6) is 0 Å². The normalized spacial score (nSPS) is 47.0. The number of carbonyl (C=O) groups excluding carboxylic acids is 1. The Labute approximate surface area is 174 Å². The minimum Gasteiger partial charge on any atom is -0.390 e. The molecule has 5 heteroatoms. The summed E-state index contributed by atoms with van der Waals surface area (Å²) in [6.45, 7) is 5.38. The van der Waals surface area contributed by atoms with Gasteiger partial charge in [0.25, 0.3) is 0 Å². The van der Waals surface area contributed by atoms with Gasteiger partial charge in [-0.3, -0.25) is 9.48 Å². The first-order valence-corrected chi connectivity index (χ1v) is 11.7. The molecule has 4 aliphatic rings. The smallest absolute Gasteiger partial charge is 0.183 e. The average Bonchev–Trinajstić information content (AvgIpc) is 3.18. The van der Waals surface area contributed by atoms with Gasteiger partial charge in [-0.25, -0.2) is 0 Å². The van der Waals surface area contributed by atoms with Crippen LogP contribution < -0.4 is 0 Å². The van der Waals surface area contributed by atoms with Crippen LogP contribution in [-0.4, -0.2) is 39.0 Å². The monoisotopic (exact) mass is 400 g/mol. The summed E-state index contributed by atoms with van der Waals surface area (Å²) in [6.07, 6.45) is 12.3. The van der Waals surface area contributed by atoms with E-state index in [4.69, 9.17) is 4.74 Å². The van der Waals surface area contributed by atoms with E-state index in [0.29, 0.717) is 25.0 Å². The van der Waals surface area contributed by atoms with Crippen LogP contribution in [0.25, 0.3) is 0 Å². The molecule has 29 heavy (non-hydrogen) atoms. The standard InChI is InChI=1S/C24H36N2O3/c1-23(28)9-6-17-16(14-23)4-5-19-18(17)7-10-24(2)20(19)8-13-29-22(24)21(27)15-26-12-3-11-25-26/h3,11-12,16-20,22,28H,4-10,13-15H2,1-2H3/t16-,17+,18?,19?,20?,22-,23-,24+/m1/s1. The molecule has 0 spiro atoms. The number of rotatable bonds is 3. The molecule has 1 aromatic heterocycles. The Kier molecular flexibility index (Phi) is 4.90. The van der Waals surface area contributed by atoms with Crippen LogP contribution in [0.15, 0.2) is 18.5 Å². The third kappa shape index (κ3) is 3.38. The van der Waals surface area contributed by atoms with Crippen molar-refractivity contribution < 1.29 is 14.6 Å². The lowest BCUT2D eigenvalue weighted by Crippen LogP contribution is -2.58. The van der Waals surface area contributed by atoms with E-state index < -0.39 is 5.60 Å². The van der Waals surface area contributed by atoms with Crippen LogP contribution in [-0.2, 0) is 16.1 Å². The summed E-state index contributed by atoms with van der Waals surface area (Å²) in [6, 6.07) is 1.87. The van der Waals surface area contributed by atoms with Gasteiger partial charge < -0.3 is 9.84 Å². The fraction of sp³-hybridized carbons (Fsp3) is 0.833. The van der Waals surface area contributed by atoms with Gasteiger partial charge in [-0.15, -0.1) is 0 Å². The molecular formula is C24H36N2O3. The minimum atomic E-state index is -0.458. The molecule has 3 aliphatic carbocycles. The first kappa shape index (κ1) is 19.7. The Morgan fingerprint density at radius 2 is 1.97 bits per heavy atom. The van der Waals surface area contributed by atoms with E-state index in [1.165, 1.54) is 25.7 Å². The molecular weight excluding hydrogens is 364 g/mol. The number of fused-ring (bicyclic) bond motifs is 5. The van der Waals surface area contributed by atoms with E-state index in [9.17, 15) is 9.90 Å². The zero-order valence-corrected chi connectivity index (χ0v) is 17.9. The Balaban J connectivity index is 1.34. The first-order valence-electron chi connectivity index (χ1n) is 11.7. The zero-order chi connectivity index (χ0) is 20.2. The quantitative estimate of drug-likeness (QED) is 0.837. The van der Waals surface area contributed by atoms with Gasteiger partial charge in [0, 0.05) is 24.4 Å². The van der Waals surface area contributed by atoms with Crippen LogP contribution in [0.1, 0.15) is 65.2 Å². The number of ether oxygens (including phenoxy) is 1. The molecule has 1 aliphatic heterocycles. The summed E-state index contributed by atoms with van der Waals surface area (Å²) in [5.41, 5.74) is -0.503. The van der Waals surface area contributed by atoms with E-state index in [0.717, 1.165) is 43.4 Å². The second-order valence-electron chi connectivity index (χ2n) is 10.9. The molecule has 3 unspecified atom stereocenters. The largest absolute Gasteiger partial charge is 0.390 e. The SMILES string of the molecule is C[C@@]1(O)CC[C@@H]2C3CC[C@@]4(C)C(CCO[C@@H]4C(=O)Cn4cccn4)C3CC[C@@H]2C1. The summed E-state index contributed by atoms with van der Waals surface area (Å²) in [7, 11) is 0. The van der Waals surface area contributed by atoms with Crippen LogP contribution in [0.4, 0.5) is 0 Å². The maximum Gasteiger partial charge on any atom is 0.183 e. The van der Waals surface area contributed by atoms with E-state index in [-0.39, 0.29) is 17.3 Å². The first-order chi connectivity index (χ1) is 13.9. The molecule has 0 aromatic carbocycles. The highest BCUT2D eigenvalue weighted by Gasteiger charge is 2.57. The van der Waals surface area contributed by atoms with Crippen molar-refractivity contribution in [2.24, 2.45) is 35.0 Å². The van der Waals surface area contributed by atoms with Crippen molar-refractivity contribution in [2.45, 2.75) is 83.5 Å². The van der Waals surface area contributed by atoms with Gasteiger partial charge in [0.15, 0.2) is 5.78 Å². The van der Waals surface area contributed by atoms with Crippen LogP contribution in [0, 0.1) is 35.0 Å². The molecule has 0 bridgehead atoms. The zero-order valence-electron chi connectivity index (χ0n) is 17.9. The highest BCUT2D eigenvalue weighted by atomic mass is 16.5. The lowest BCUT2D eigenvalue weighted by Gasteiger charge is -2.60. The van der Waals surface area contributed by atoms with Crippen LogP contribution in [0.2, 0.25) is 0 Å². The summed E-state index contributed by atoms with van der Waals surface area (Å²) >= 11 is 0. The number of Topliss-reactive ketones (excluding diaryl/α,β-unsaturated/α-hetero) is 1. The van der Waals surface area contributed by atoms with E-state index in [1.54, 1.807) is 10.9 Å². The van der Waals surface area contributed by atoms with Crippen LogP contribution >= 0.6 is 0 Å². The molecule has 0 amide bonds. The summed E-state index contributed by atoms with van der Waals surface area (Å²) in [4.78, 5) is 13.2. The summed E-state index contributed by atoms with van der Waals surface area (Å²) in [5.74, 6) is 3.75. The third-order valence-electron chi connectivity index (χ3n) is 9.16. The lowest BCUT2D eigenvalue weighted by atomic mass is 9.47. The molecule has 8 atom stereocenters. The second kappa shape index (κ2) is 7.19. The molecule has 160 valence electrons. The lowest BCUT2D eigenvalue weighted by molar-refractivity contribution is -0.186. The van der Waals surface area contributed by atoms with Crippen molar-refractivity contribution in [3.05, 3.63) is 18.5 Å². The Hall–Kier alpha value is -1.20. The molecule has 3 saturated carbocycles. The molecule has 4 fully saturated rings. The van der Waals surface area contributed by atoms with E-state index in [1.807, 2.05) is 19.2 Å². The second-order valence-corrected chi connectivity index (χ2v) is 10.9. The van der Waals surface area contributed by atoms with Crippen molar-refractivity contribution >= 4 is 5.78 Å². The number of aliphatic hydroxyl groups is 1. The summed E-state index contributed by atoms with van der Waals surface area (Å²) in [5, 5.41) is 14.8. The highest BCUT2D eigenvalue weighted by molar-refractivity contribution is 5.84. The predicted octanol–water partition coefficient (Wildman–Crippen LogP) is 3.85. The number of nitrogens with zero attached hydrogens (tertiary/aromatic N) is 2. The molecule has 5 rings (SSSR count). The Bertz CT molecular complexity index is 745. The van der Waals surface area contributed by atoms with Gasteiger partial charge >= 0.3 is 0 Å². The highest BCUT2D eigenvalue weighted by Crippen LogP contribution is 2.61. The fourth-order valence-corrected chi connectivity index (χ4v) is 7.90. The Morgan fingerprint density at radius 1 is 1.14 bits per heavy atom. The van der Waals surface area contributed by atoms with Gasteiger partial charge in [0.2, 0.25) is 0 Å². The van der Waals surface area contributed by atoms with Crippen LogP contribution in [0.3, 0.4) is 0 Å². The van der Waals surface area contributed by atoms with Crippen molar-refractivity contribution in [1.82, 2.24) is 9.78 Å². The fourth-order valence-electron chi connectivity index (χ4n) is 7.90. The van der Waals surface area contributed by atoms with Gasteiger partial charge in [0.1, 0.15) is 12.6 Å². The molecule has 1 N–H and O–H groups in total. The molecule has 0 radical (unpaired) electrons. The van der Waals surface area contributed by atoms with Gasteiger partial charge in [0.05, 0.1) is 5.60 Å². The number of carbonyl (C=O) groups is 1. The molecule has 2 heterocycles. The van der Waals surface area contributed by atoms with Gasteiger partial charge in [-0.1, -0.05) is 6.92 Å². The van der Waals surface area contributed by atoms with Crippen molar-refractivity contribution in [3.63, 3.8) is 0 Å². The van der Waals surface area contributed by atoms with E-state index in [2.05, 4.69) is 12.0 Å². The molecule has 1 aromatic rings. The average molecular weight is 401 g/mol. The Morgan fingerprint density at radius 3 is 2.76 bits per heavy atom.